The second-order valence-corrected chi connectivity index (χ2v) is 8.10. The van der Waals surface area contributed by atoms with Crippen molar-refractivity contribution in [2.24, 2.45) is 0 Å². The summed E-state index contributed by atoms with van der Waals surface area (Å²) in [5.74, 6) is -0.839. The molecule has 32 heavy (non-hydrogen) atoms. The normalized spacial score (nSPS) is 10.0. The molecule has 1 heterocycles. The fourth-order valence-corrected chi connectivity index (χ4v) is 3.07. The van der Waals surface area contributed by atoms with Gasteiger partial charge in [-0.3, -0.25) is 15.0 Å². The third-order valence-electron chi connectivity index (χ3n) is 3.96. The molecule has 0 saturated carbocycles. The van der Waals surface area contributed by atoms with E-state index < -0.39 is 5.91 Å². The number of aromatic nitrogens is 2. The summed E-state index contributed by atoms with van der Waals surface area (Å²) < 4.78 is 0. The summed E-state index contributed by atoms with van der Waals surface area (Å²) in [6.07, 6.45) is 4.21. The number of hydrogen-bond donors (Lipinski definition) is 5. The lowest BCUT2D eigenvalue weighted by atomic mass is 10.1. The van der Waals surface area contributed by atoms with Gasteiger partial charge in [-0.05, 0) is 62.3 Å². The molecule has 0 saturated heterocycles. The quantitative estimate of drug-likeness (QED) is 0.166. The lowest BCUT2D eigenvalue weighted by molar-refractivity contribution is 0.0974. The average Bonchev–Trinajstić information content (AvgIpc) is 2.75. The Balaban J connectivity index is 0.000000330. The van der Waals surface area contributed by atoms with E-state index in [1.54, 1.807) is 19.0 Å². The zero-order valence-electron chi connectivity index (χ0n) is 18.3. The van der Waals surface area contributed by atoms with Crippen LogP contribution >= 0.6 is 23.4 Å². The maximum Gasteiger partial charge on any atom is 0.285 e. The number of hydrogen-bond acceptors (Lipinski definition) is 9. The number of amides is 2. The van der Waals surface area contributed by atoms with E-state index in [0.29, 0.717) is 6.34 Å². The zero-order chi connectivity index (χ0) is 24.1. The van der Waals surface area contributed by atoms with Gasteiger partial charge in [0.25, 0.3) is 11.1 Å². The maximum atomic E-state index is 11.5. The number of aryl methyl sites for hydroxylation is 1. The van der Waals surface area contributed by atoms with Crippen molar-refractivity contribution in [3.05, 3.63) is 40.7 Å². The summed E-state index contributed by atoms with van der Waals surface area (Å²) in [4.78, 5) is 32.5. The molecule has 0 aliphatic carbocycles. The van der Waals surface area contributed by atoms with Crippen LogP contribution in [0.25, 0.3) is 0 Å². The molecule has 0 spiro atoms. The average molecular weight is 481 g/mol. The zero-order valence-corrected chi connectivity index (χ0v) is 19.9. The number of anilines is 2. The first-order valence-electron chi connectivity index (χ1n) is 9.70. The van der Waals surface area contributed by atoms with Crippen LogP contribution in [0, 0.1) is 5.41 Å². The predicted octanol–water partition coefficient (Wildman–Crippen LogP) is 2.63. The van der Waals surface area contributed by atoms with Crippen molar-refractivity contribution >= 4 is 52.5 Å². The van der Waals surface area contributed by atoms with E-state index in [0.717, 1.165) is 17.9 Å². The molecule has 2 amide bonds. The largest absolute Gasteiger partial charge is 0.382 e. The fourth-order valence-electron chi connectivity index (χ4n) is 2.29. The second-order valence-electron chi connectivity index (χ2n) is 6.72. The van der Waals surface area contributed by atoms with Crippen molar-refractivity contribution in [1.29, 1.82) is 5.41 Å². The first kappa shape index (κ1) is 27.1. The Bertz CT molecular complexity index is 909. The lowest BCUT2D eigenvalue weighted by Gasteiger charge is -2.09. The standard InChI is InChI=1S/C14H22N2OS.C6H7ClN6O/c1-15-11-5-4-6-12-7-9-13(10-8-12)18-14(17)16(2)3;7-3-5(10)13-4(9)2(12-3)6(14)11-1-8/h7-10,15H,4-6,11H2,1-3H3;1H,(H2,8,11,14)(H4,9,10,13). The fraction of sp³-hybridized carbons (Fsp3) is 0.350. The van der Waals surface area contributed by atoms with Crippen LogP contribution in [-0.4, -0.2) is 60.0 Å². The van der Waals surface area contributed by atoms with Crippen LogP contribution in [0.1, 0.15) is 28.9 Å². The van der Waals surface area contributed by atoms with E-state index in [1.807, 2.05) is 19.2 Å². The molecule has 10 nitrogen and oxygen atoms in total. The van der Waals surface area contributed by atoms with Crippen molar-refractivity contribution < 1.29 is 9.59 Å². The van der Waals surface area contributed by atoms with Gasteiger partial charge in [0.1, 0.15) is 0 Å². The van der Waals surface area contributed by atoms with Crippen molar-refractivity contribution in [2.45, 2.75) is 24.2 Å². The number of nitrogen functional groups attached to an aromatic ring is 2. The first-order chi connectivity index (χ1) is 15.2. The predicted molar refractivity (Wildman–Crippen MR) is 130 cm³/mol. The summed E-state index contributed by atoms with van der Waals surface area (Å²) in [5, 5.41) is 11.8. The van der Waals surface area contributed by atoms with E-state index in [1.165, 1.54) is 30.2 Å². The highest BCUT2D eigenvalue weighted by atomic mass is 35.5. The third kappa shape index (κ3) is 9.50. The molecular weight excluding hydrogens is 452 g/mol. The first-order valence-corrected chi connectivity index (χ1v) is 10.9. The van der Waals surface area contributed by atoms with Crippen molar-refractivity contribution in [2.75, 3.05) is 39.2 Å². The molecule has 0 fully saturated rings. The smallest absolute Gasteiger partial charge is 0.285 e. The number of benzene rings is 1. The number of unbranched alkanes of at least 4 members (excludes halogenated alkanes) is 1. The molecule has 0 atom stereocenters. The van der Waals surface area contributed by atoms with Gasteiger partial charge in [0.15, 0.2) is 22.5 Å². The van der Waals surface area contributed by atoms with Crippen LogP contribution in [0.15, 0.2) is 29.2 Å². The van der Waals surface area contributed by atoms with Gasteiger partial charge in [0.2, 0.25) is 0 Å². The van der Waals surface area contributed by atoms with Gasteiger partial charge in [-0.15, -0.1) is 0 Å². The summed E-state index contributed by atoms with van der Waals surface area (Å²) in [6, 6.07) is 8.29. The lowest BCUT2D eigenvalue weighted by Crippen LogP contribution is -2.24. The van der Waals surface area contributed by atoms with Crippen molar-refractivity contribution in [3.8, 4) is 0 Å². The van der Waals surface area contributed by atoms with Gasteiger partial charge >= 0.3 is 0 Å². The highest BCUT2D eigenvalue weighted by Gasteiger charge is 2.14. The van der Waals surface area contributed by atoms with Gasteiger partial charge in [-0.25, -0.2) is 9.97 Å². The molecular formula is C20H29ClN8O2S. The number of carbonyl (C=O) groups excluding carboxylic acids is 2. The number of rotatable bonds is 8. The van der Waals surface area contributed by atoms with Gasteiger partial charge < -0.3 is 27.0 Å². The molecule has 2 aromatic rings. The van der Waals surface area contributed by atoms with Crippen molar-refractivity contribution in [3.63, 3.8) is 0 Å². The number of carbonyl (C=O) groups is 2. The molecule has 174 valence electrons. The monoisotopic (exact) mass is 480 g/mol. The molecule has 0 unspecified atom stereocenters. The van der Waals surface area contributed by atoms with Gasteiger partial charge in [0, 0.05) is 19.0 Å². The van der Waals surface area contributed by atoms with Gasteiger partial charge in [-0.2, -0.15) is 0 Å². The number of nitrogens with zero attached hydrogens (tertiary/aromatic N) is 3. The highest BCUT2D eigenvalue weighted by Crippen LogP contribution is 2.21. The van der Waals surface area contributed by atoms with Crippen LogP contribution in [0.5, 0.6) is 0 Å². The Hall–Kier alpha value is -2.89. The minimum atomic E-state index is -0.660. The van der Waals surface area contributed by atoms with Crippen LogP contribution in [-0.2, 0) is 6.42 Å². The van der Waals surface area contributed by atoms with E-state index in [9.17, 15) is 9.59 Å². The molecule has 1 aromatic carbocycles. The Labute approximate surface area is 197 Å². The minimum Gasteiger partial charge on any atom is -0.382 e. The molecule has 7 N–H and O–H groups in total. The molecule has 12 heteroatoms. The van der Waals surface area contributed by atoms with Crippen LogP contribution < -0.4 is 22.1 Å². The van der Waals surface area contributed by atoms with E-state index in [2.05, 4.69) is 32.7 Å². The van der Waals surface area contributed by atoms with E-state index in [4.69, 9.17) is 28.5 Å². The minimum absolute atomic E-state index is 0.0458. The van der Waals surface area contributed by atoms with Crippen LogP contribution in [0.4, 0.5) is 16.4 Å². The summed E-state index contributed by atoms with van der Waals surface area (Å²) in [5.41, 5.74) is 11.9. The Kier molecular flexibility index (Phi) is 12.1. The van der Waals surface area contributed by atoms with E-state index in [-0.39, 0.29) is 27.7 Å². The summed E-state index contributed by atoms with van der Waals surface area (Å²) >= 11 is 6.81. The Morgan fingerprint density at radius 3 is 2.38 bits per heavy atom. The number of halogens is 1. The highest BCUT2D eigenvalue weighted by molar-refractivity contribution is 8.13. The van der Waals surface area contributed by atoms with Crippen LogP contribution in [0.2, 0.25) is 5.15 Å². The number of nitrogens with two attached hydrogens (primary N) is 2. The van der Waals surface area contributed by atoms with E-state index >= 15 is 0 Å². The number of thioether (sulfide) groups is 1. The Morgan fingerprint density at radius 1 is 1.16 bits per heavy atom. The summed E-state index contributed by atoms with van der Waals surface area (Å²) in [7, 11) is 5.52. The summed E-state index contributed by atoms with van der Waals surface area (Å²) in [6.45, 7) is 1.07. The van der Waals surface area contributed by atoms with Crippen molar-refractivity contribution in [1.82, 2.24) is 25.5 Å². The maximum absolute atomic E-state index is 11.5. The van der Waals surface area contributed by atoms with Gasteiger partial charge in [-0.1, -0.05) is 23.7 Å². The molecule has 0 radical (unpaired) electrons. The van der Waals surface area contributed by atoms with Crippen LogP contribution in [0.3, 0.4) is 0 Å². The second kappa shape index (κ2) is 14.2. The topological polar surface area (TPSA) is 163 Å². The molecule has 0 aliphatic rings. The molecule has 2 rings (SSSR count). The number of nitrogens with one attached hydrogen (secondary N) is 3. The molecule has 0 aliphatic heterocycles. The van der Waals surface area contributed by atoms with Gasteiger partial charge in [0.05, 0.1) is 6.34 Å². The third-order valence-corrected chi connectivity index (χ3v) is 5.28. The molecule has 1 aromatic heterocycles. The molecule has 0 bridgehead atoms. The SMILES string of the molecule is CNCCCCc1ccc(SC(=O)N(C)C)cc1.N=CNC(=O)c1nc(Cl)c(N)nc1N. The Morgan fingerprint density at radius 2 is 1.81 bits per heavy atom.